The van der Waals surface area contributed by atoms with Crippen molar-refractivity contribution in [3.05, 3.63) is 63.4 Å². The fourth-order valence-electron chi connectivity index (χ4n) is 2.04. The fraction of sp³-hybridized carbons (Fsp3) is 0. The molecule has 4 heteroatoms. The van der Waals surface area contributed by atoms with Gasteiger partial charge in [0.25, 0.3) is 0 Å². The van der Waals surface area contributed by atoms with E-state index in [-0.39, 0.29) is 11.3 Å². The second kappa shape index (κ2) is 3.16. The molecule has 0 fully saturated rings. The second-order valence-electron chi connectivity index (χ2n) is 3.78. The number of nitrogens with one attached hydrogen (secondary N) is 1. The third-order valence-corrected chi connectivity index (χ3v) is 2.81. The Balaban J connectivity index is 2.37. The quantitative estimate of drug-likeness (QED) is 0.592. The Labute approximate surface area is 96.4 Å². The minimum absolute atomic E-state index is 0.191. The first-order valence-corrected chi connectivity index (χ1v) is 5.00. The van der Waals surface area contributed by atoms with Crippen LogP contribution in [0.5, 0.6) is 0 Å². The molecule has 1 aromatic carbocycles. The van der Waals surface area contributed by atoms with Gasteiger partial charge in [-0.05, 0) is 17.7 Å². The van der Waals surface area contributed by atoms with Gasteiger partial charge in [0.2, 0.25) is 11.3 Å². The van der Waals surface area contributed by atoms with Crippen molar-refractivity contribution in [2.45, 2.75) is 0 Å². The molecule has 0 bridgehead atoms. The van der Waals surface area contributed by atoms with Gasteiger partial charge in [-0.15, -0.1) is 0 Å². The number of nitrogens with zero attached hydrogens (tertiary/aromatic N) is 1. The molecule has 4 nitrogen and oxygen atoms in total. The normalized spacial score (nSPS) is 11.8. The lowest BCUT2D eigenvalue weighted by Gasteiger charge is -1.98. The summed E-state index contributed by atoms with van der Waals surface area (Å²) in [7, 11) is 0. The molecule has 80 valence electrons. The summed E-state index contributed by atoms with van der Waals surface area (Å²) in [6, 6.07) is 7.90. The van der Waals surface area contributed by atoms with Gasteiger partial charge in [0.05, 0.1) is 12.3 Å². The van der Waals surface area contributed by atoms with Crippen molar-refractivity contribution in [2.24, 2.45) is 0 Å². The van der Waals surface area contributed by atoms with Gasteiger partial charge in [-0.3, -0.25) is 9.59 Å². The molecule has 17 heavy (non-hydrogen) atoms. The van der Waals surface area contributed by atoms with Crippen LogP contribution in [0.1, 0.15) is 16.1 Å². The lowest BCUT2D eigenvalue weighted by Crippen LogP contribution is -2.09. The number of carbonyl (C=O) groups is 1. The molecule has 2 aromatic rings. The number of ketones is 1. The van der Waals surface area contributed by atoms with Crippen LogP contribution in [0.3, 0.4) is 0 Å². The van der Waals surface area contributed by atoms with E-state index in [9.17, 15) is 9.59 Å². The minimum atomic E-state index is -0.296. The molecule has 1 heterocycles. The van der Waals surface area contributed by atoms with E-state index in [1.54, 1.807) is 24.3 Å². The number of pyridine rings is 1. The minimum Gasteiger partial charge on any atom is -0.319 e. The average molecular weight is 222 g/mol. The number of rotatable bonds is 0. The number of H-pyrrole nitrogens is 1. The van der Waals surface area contributed by atoms with Gasteiger partial charge in [0, 0.05) is 17.2 Å². The van der Waals surface area contributed by atoms with Crippen molar-refractivity contribution in [1.29, 1.82) is 0 Å². The highest BCUT2D eigenvalue weighted by Gasteiger charge is 2.27. The topological polar surface area (TPSA) is 54.3 Å². The zero-order chi connectivity index (χ0) is 12.0. The summed E-state index contributed by atoms with van der Waals surface area (Å²) in [4.78, 5) is 29.1. The van der Waals surface area contributed by atoms with Crippen molar-refractivity contribution in [2.75, 3.05) is 0 Å². The monoisotopic (exact) mass is 222 g/mol. The van der Waals surface area contributed by atoms with E-state index < -0.39 is 0 Å². The molecule has 0 amide bonds. The maximum Gasteiger partial charge on any atom is 0.248 e. The molecule has 1 aliphatic carbocycles. The predicted octanol–water partition coefficient (Wildman–Crippen LogP) is 2.14. The van der Waals surface area contributed by atoms with Gasteiger partial charge < -0.3 is 4.98 Å². The predicted molar refractivity (Wildman–Crippen MR) is 62.2 cm³/mol. The summed E-state index contributed by atoms with van der Waals surface area (Å²) in [5.41, 5.74) is 2.44. The van der Waals surface area contributed by atoms with Crippen LogP contribution in [0, 0.1) is 6.57 Å². The van der Waals surface area contributed by atoms with Crippen LogP contribution in [-0.2, 0) is 0 Å². The van der Waals surface area contributed by atoms with Crippen LogP contribution >= 0.6 is 0 Å². The molecular weight excluding hydrogens is 216 g/mol. The van der Waals surface area contributed by atoms with Crippen LogP contribution in [-0.4, -0.2) is 10.8 Å². The molecule has 0 spiro atoms. The zero-order valence-electron chi connectivity index (χ0n) is 8.65. The van der Waals surface area contributed by atoms with Crippen molar-refractivity contribution < 1.29 is 4.79 Å². The largest absolute Gasteiger partial charge is 0.319 e. The molecular formula is C13H6N2O2. The summed E-state index contributed by atoms with van der Waals surface area (Å²) in [6.45, 7) is 6.96. The Morgan fingerprint density at radius 1 is 1.00 bits per heavy atom. The van der Waals surface area contributed by atoms with Gasteiger partial charge in [0.1, 0.15) is 0 Å². The van der Waals surface area contributed by atoms with Gasteiger partial charge >= 0.3 is 0 Å². The van der Waals surface area contributed by atoms with E-state index in [2.05, 4.69) is 9.83 Å². The number of hydrogen-bond donors (Lipinski definition) is 1. The molecule has 1 aliphatic rings. The lowest BCUT2D eigenvalue weighted by atomic mass is 10.1. The number of aromatic nitrogens is 1. The van der Waals surface area contributed by atoms with E-state index >= 15 is 0 Å². The van der Waals surface area contributed by atoms with Crippen LogP contribution in [0.15, 0.2) is 35.1 Å². The van der Waals surface area contributed by atoms with Gasteiger partial charge in [-0.2, -0.15) is 0 Å². The maximum atomic E-state index is 12.0. The van der Waals surface area contributed by atoms with Crippen molar-refractivity contribution in [1.82, 2.24) is 4.98 Å². The highest BCUT2D eigenvalue weighted by atomic mass is 16.1. The Bertz CT molecular complexity index is 751. The molecule has 1 N–H and O–H groups in total. The molecule has 0 radical (unpaired) electrons. The average Bonchev–Trinajstić information content (AvgIpc) is 2.62. The third-order valence-electron chi connectivity index (χ3n) is 2.81. The van der Waals surface area contributed by atoms with E-state index in [0.29, 0.717) is 22.5 Å². The smallest absolute Gasteiger partial charge is 0.248 e. The second-order valence-corrected chi connectivity index (χ2v) is 3.78. The first-order valence-electron chi connectivity index (χ1n) is 5.00. The van der Waals surface area contributed by atoms with E-state index in [1.165, 1.54) is 6.07 Å². The van der Waals surface area contributed by atoms with Crippen molar-refractivity contribution in [3.63, 3.8) is 0 Å². The molecule has 0 saturated carbocycles. The zero-order valence-corrected chi connectivity index (χ0v) is 8.65. The Hall–Kier alpha value is -2.67. The Morgan fingerprint density at radius 3 is 2.53 bits per heavy atom. The molecule has 0 saturated heterocycles. The van der Waals surface area contributed by atoms with Crippen LogP contribution in [0.2, 0.25) is 0 Å². The Morgan fingerprint density at radius 2 is 1.76 bits per heavy atom. The first-order chi connectivity index (χ1) is 8.20. The SMILES string of the molecule is [C-]#[N+]c1ccc2c(c1)-c1ccc(=O)[nH]c1C2=O. The number of aromatic amines is 1. The van der Waals surface area contributed by atoms with Gasteiger partial charge in [-0.25, -0.2) is 4.85 Å². The van der Waals surface area contributed by atoms with E-state index in [1.807, 2.05) is 0 Å². The van der Waals surface area contributed by atoms with Gasteiger partial charge in [0.15, 0.2) is 5.69 Å². The first kappa shape index (κ1) is 9.55. The summed E-state index contributed by atoms with van der Waals surface area (Å²) < 4.78 is 0. The standard InChI is InChI=1S/C13H6N2O2/c1-14-7-2-3-9-10(6-7)8-4-5-11(16)15-12(8)13(9)17/h2-6H,(H,15,16). The third kappa shape index (κ3) is 1.23. The maximum absolute atomic E-state index is 12.0. The highest BCUT2D eigenvalue weighted by Crippen LogP contribution is 2.36. The van der Waals surface area contributed by atoms with E-state index in [0.717, 1.165) is 5.56 Å². The van der Waals surface area contributed by atoms with Crippen LogP contribution < -0.4 is 5.56 Å². The number of fused-ring (bicyclic) bond motifs is 3. The van der Waals surface area contributed by atoms with Crippen molar-refractivity contribution >= 4 is 11.5 Å². The van der Waals surface area contributed by atoms with Crippen molar-refractivity contribution in [3.8, 4) is 11.1 Å². The molecule has 3 rings (SSSR count). The lowest BCUT2D eigenvalue weighted by molar-refractivity contribution is 0.103. The van der Waals surface area contributed by atoms with Gasteiger partial charge in [-0.1, -0.05) is 12.1 Å². The highest BCUT2D eigenvalue weighted by molar-refractivity contribution is 6.20. The summed E-state index contributed by atoms with van der Waals surface area (Å²) in [6.07, 6.45) is 0. The van der Waals surface area contributed by atoms with Crippen LogP contribution in [0.25, 0.3) is 16.0 Å². The molecule has 0 atom stereocenters. The van der Waals surface area contributed by atoms with Crippen LogP contribution in [0.4, 0.5) is 5.69 Å². The number of hydrogen-bond acceptors (Lipinski definition) is 2. The molecule has 1 aromatic heterocycles. The molecule has 0 aliphatic heterocycles. The Kier molecular flexibility index (Phi) is 1.77. The number of benzene rings is 1. The van der Waals surface area contributed by atoms with E-state index in [4.69, 9.17) is 6.57 Å². The summed E-state index contributed by atoms with van der Waals surface area (Å²) in [5.74, 6) is -0.191. The number of carbonyl (C=O) groups excluding carboxylic acids is 1. The fourth-order valence-corrected chi connectivity index (χ4v) is 2.04. The summed E-state index contributed by atoms with van der Waals surface area (Å²) >= 11 is 0. The molecule has 0 unspecified atom stereocenters. The summed E-state index contributed by atoms with van der Waals surface area (Å²) in [5, 5.41) is 0.